The Labute approximate surface area is 224 Å². The minimum Gasteiger partial charge on any atom is -0.486 e. The molecule has 188 valence electrons. The predicted molar refractivity (Wildman–Crippen MR) is 140 cm³/mol. The zero-order chi connectivity index (χ0) is 25.8. The van der Waals surface area contributed by atoms with Crippen LogP contribution in [0.15, 0.2) is 45.8 Å². The highest BCUT2D eigenvalue weighted by Crippen LogP contribution is 2.38. The smallest absolute Gasteiger partial charge is 0.294 e. The molecular weight excluding hydrogens is 574 g/mol. The van der Waals surface area contributed by atoms with Gasteiger partial charge in [0.25, 0.3) is 16.8 Å². The molecule has 0 unspecified atom stereocenters. The number of rotatable bonds is 7. The fourth-order valence-electron chi connectivity index (χ4n) is 3.84. The number of ether oxygens (including phenoxy) is 1. The maximum Gasteiger partial charge on any atom is 0.294 e. The largest absolute Gasteiger partial charge is 0.486 e. The lowest BCUT2D eigenvalue weighted by molar-refractivity contribution is -0.384. The van der Waals surface area contributed by atoms with Gasteiger partial charge in [-0.25, -0.2) is 0 Å². The van der Waals surface area contributed by atoms with Crippen LogP contribution in [0.25, 0.3) is 6.08 Å². The fraction of sp³-hybridized carbons (Fsp3) is 0.292. The first-order valence-corrected chi connectivity index (χ1v) is 13.1. The summed E-state index contributed by atoms with van der Waals surface area (Å²) in [4.78, 5) is 51.0. The Bertz CT molecular complexity index is 1220. The van der Waals surface area contributed by atoms with E-state index in [1.165, 1.54) is 12.1 Å². The first kappa shape index (κ1) is 26.2. The lowest BCUT2D eigenvalue weighted by atomic mass is 10.1. The maximum atomic E-state index is 12.8. The quantitative estimate of drug-likeness (QED) is 0.232. The lowest BCUT2D eigenvalue weighted by Gasteiger charge is -2.27. The van der Waals surface area contributed by atoms with E-state index in [4.69, 9.17) is 16.3 Å². The van der Waals surface area contributed by atoms with E-state index < -0.39 is 16.1 Å². The summed E-state index contributed by atoms with van der Waals surface area (Å²) in [6.45, 7) is 1.17. The first-order valence-electron chi connectivity index (χ1n) is 11.1. The van der Waals surface area contributed by atoms with Gasteiger partial charge in [-0.1, -0.05) is 11.6 Å². The summed E-state index contributed by atoms with van der Waals surface area (Å²) >= 11 is 10.6. The zero-order valence-corrected chi connectivity index (χ0v) is 22.1. The molecule has 0 N–H and O–H groups in total. The van der Waals surface area contributed by atoms with Crippen LogP contribution in [0.1, 0.15) is 30.4 Å². The van der Waals surface area contributed by atoms with E-state index in [9.17, 15) is 24.5 Å². The summed E-state index contributed by atoms with van der Waals surface area (Å²) < 4.78 is 6.32. The topological polar surface area (TPSA) is 110 Å². The molecule has 4 rings (SSSR count). The standard InChI is InChI=1S/C24H21BrClN3O6S/c25-18-10-16(11-19(26)22(18)35-14-15-4-6-17(7-5-15)29(33)34)12-20-23(31)28(24(32)36-20)13-21(30)27-8-2-1-3-9-27/h4-7,10-12H,1-3,8-9,13-14H2/b20-12-. The molecule has 2 aromatic rings. The average Bonchev–Trinajstić information content (AvgIpc) is 3.11. The molecule has 0 atom stereocenters. The molecule has 0 bridgehead atoms. The van der Waals surface area contributed by atoms with Crippen LogP contribution in [0.2, 0.25) is 5.02 Å². The normalized spacial score (nSPS) is 17.1. The van der Waals surface area contributed by atoms with Gasteiger partial charge in [-0.05, 0) is 88.4 Å². The summed E-state index contributed by atoms with van der Waals surface area (Å²) in [5.74, 6) is -0.368. The highest BCUT2D eigenvalue weighted by atomic mass is 79.9. The van der Waals surface area contributed by atoms with Gasteiger partial charge in [0, 0.05) is 25.2 Å². The second-order valence-electron chi connectivity index (χ2n) is 8.24. The van der Waals surface area contributed by atoms with Crippen LogP contribution in [0.4, 0.5) is 10.5 Å². The number of halogens is 2. The predicted octanol–water partition coefficient (Wildman–Crippen LogP) is 5.64. The summed E-state index contributed by atoms with van der Waals surface area (Å²) in [5.41, 5.74) is 1.28. The number of amides is 3. The second-order valence-corrected chi connectivity index (χ2v) is 10.5. The third kappa shape index (κ3) is 6.08. The molecule has 0 radical (unpaired) electrons. The summed E-state index contributed by atoms with van der Waals surface area (Å²) in [7, 11) is 0. The second kappa shape index (κ2) is 11.4. The number of imide groups is 1. The van der Waals surface area contributed by atoms with E-state index in [1.807, 2.05) is 0 Å². The number of hydrogen-bond acceptors (Lipinski definition) is 7. The number of carbonyl (C=O) groups is 3. The number of nitro groups is 1. The Hall–Kier alpha value is -2.89. The molecule has 0 aliphatic carbocycles. The molecule has 0 spiro atoms. The van der Waals surface area contributed by atoms with Gasteiger partial charge in [-0.2, -0.15) is 0 Å². The Morgan fingerprint density at radius 3 is 2.50 bits per heavy atom. The molecule has 0 aromatic heterocycles. The Morgan fingerprint density at radius 2 is 1.86 bits per heavy atom. The molecule has 2 fully saturated rings. The van der Waals surface area contributed by atoms with Crippen molar-refractivity contribution in [2.24, 2.45) is 0 Å². The number of nitro benzene ring substituents is 1. The first-order chi connectivity index (χ1) is 17.2. The van der Waals surface area contributed by atoms with Crippen LogP contribution >= 0.6 is 39.3 Å². The van der Waals surface area contributed by atoms with Gasteiger partial charge in [-0.15, -0.1) is 0 Å². The van der Waals surface area contributed by atoms with Crippen LogP contribution in [-0.4, -0.2) is 51.4 Å². The van der Waals surface area contributed by atoms with E-state index in [-0.39, 0.29) is 34.7 Å². The van der Waals surface area contributed by atoms with Crippen molar-refractivity contribution < 1.29 is 24.0 Å². The molecule has 3 amide bonds. The minimum atomic E-state index is -0.513. The van der Waals surface area contributed by atoms with E-state index >= 15 is 0 Å². The third-order valence-corrected chi connectivity index (χ3v) is 7.50. The van der Waals surface area contributed by atoms with Crippen molar-refractivity contribution in [1.82, 2.24) is 9.80 Å². The van der Waals surface area contributed by atoms with Crippen molar-refractivity contribution in [3.05, 3.63) is 72.0 Å². The van der Waals surface area contributed by atoms with Gasteiger partial charge < -0.3 is 9.64 Å². The van der Waals surface area contributed by atoms with Crippen LogP contribution in [0.3, 0.4) is 0 Å². The summed E-state index contributed by atoms with van der Waals surface area (Å²) in [5, 5.41) is 10.6. The Balaban J connectivity index is 1.43. The van der Waals surface area contributed by atoms with Crippen LogP contribution in [0, 0.1) is 10.1 Å². The number of likely N-dealkylation sites (tertiary alicyclic amines) is 1. The number of carbonyl (C=O) groups excluding carboxylic acids is 3. The van der Waals surface area contributed by atoms with Gasteiger partial charge in [0.15, 0.2) is 5.75 Å². The Kier molecular flexibility index (Phi) is 8.32. The SMILES string of the molecule is O=C(CN1C(=O)S/C(=C\c2cc(Cl)c(OCc3ccc([N+](=O)[O-])cc3)c(Br)c2)C1=O)N1CCCCC1. The van der Waals surface area contributed by atoms with Crippen LogP contribution < -0.4 is 4.74 Å². The van der Waals surface area contributed by atoms with Crippen LogP contribution in [0.5, 0.6) is 5.75 Å². The molecular formula is C24H21BrClN3O6S. The highest BCUT2D eigenvalue weighted by Gasteiger charge is 2.37. The lowest BCUT2D eigenvalue weighted by Crippen LogP contribution is -2.44. The molecule has 2 aliphatic heterocycles. The van der Waals surface area contributed by atoms with Crippen molar-refractivity contribution in [3.8, 4) is 5.75 Å². The third-order valence-electron chi connectivity index (χ3n) is 5.72. The molecule has 36 heavy (non-hydrogen) atoms. The number of thioether (sulfide) groups is 1. The minimum absolute atomic E-state index is 0.0115. The molecule has 12 heteroatoms. The molecule has 2 aromatic carbocycles. The summed E-state index contributed by atoms with van der Waals surface area (Å²) in [6, 6.07) is 9.28. The number of non-ortho nitro benzene ring substituents is 1. The van der Waals surface area contributed by atoms with Gasteiger partial charge >= 0.3 is 0 Å². The number of piperidine rings is 1. The van der Waals surface area contributed by atoms with E-state index in [1.54, 1.807) is 35.2 Å². The number of benzene rings is 2. The van der Waals surface area contributed by atoms with Gasteiger partial charge in [0.2, 0.25) is 5.91 Å². The van der Waals surface area contributed by atoms with Crippen LogP contribution in [-0.2, 0) is 16.2 Å². The van der Waals surface area contributed by atoms with Crippen molar-refractivity contribution in [2.45, 2.75) is 25.9 Å². The molecule has 0 saturated carbocycles. The van der Waals surface area contributed by atoms with Crippen molar-refractivity contribution in [1.29, 1.82) is 0 Å². The van der Waals surface area contributed by atoms with E-state index in [0.717, 1.165) is 41.5 Å². The van der Waals surface area contributed by atoms with Crippen molar-refractivity contribution in [2.75, 3.05) is 19.6 Å². The molecule has 2 aliphatic rings. The van der Waals surface area contributed by atoms with Gasteiger partial charge in [-0.3, -0.25) is 29.4 Å². The van der Waals surface area contributed by atoms with E-state index in [0.29, 0.717) is 28.9 Å². The molecule has 2 saturated heterocycles. The Morgan fingerprint density at radius 1 is 1.17 bits per heavy atom. The highest BCUT2D eigenvalue weighted by molar-refractivity contribution is 9.10. The zero-order valence-electron chi connectivity index (χ0n) is 18.9. The summed E-state index contributed by atoms with van der Waals surface area (Å²) in [6.07, 6.45) is 4.48. The van der Waals surface area contributed by atoms with Crippen molar-refractivity contribution >= 4 is 68.1 Å². The average molecular weight is 595 g/mol. The van der Waals surface area contributed by atoms with E-state index in [2.05, 4.69) is 15.9 Å². The van der Waals surface area contributed by atoms with Gasteiger partial charge in [0.05, 0.1) is 19.3 Å². The van der Waals surface area contributed by atoms with Gasteiger partial charge in [0.1, 0.15) is 13.2 Å². The number of nitrogens with zero attached hydrogens (tertiary/aromatic N) is 3. The fourth-order valence-corrected chi connectivity index (χ4v) is 5.66. The maximum absolute atomic E-state index is 12.8. The molecule has 2 heterocycles. The molecule has 9 nitrogen and oxygen atoms in total. The number of hydrogen-bond donors (Lipinski definition) is 0. The monoisotopic (exact) mass is 593 g/mol. The van der Waals surface area contributed by atoms with Crippen molar-refractivity contribution in [3.63, 3.8) is 0 Å².